The Hall–Kier alpha value is -2.34. The van der Waals surface area contributed by atoms with Crippen LogP contribution in [0.2, 0.25) is 5.02 Å². The largest absolute Gasteiger partial charge is 0.460 e. The van der Waals surface area contributed by atoms with Gasteiger partial charge < -0.3 is 9.72 Å². The maximum atomic E-state index is 13.1. The van der Waals surface area contributed by atoms with E-state index in [-0.39, 0.29) is 18.1 Å². The van der Waals surface area contributed by atoms with Crippen LogP contribution < -0.4 is 10.3 Å². The van der Waals surface area contributed by atoms with Crippen LogP contribution in [0.4, 0.5) is 0 Å². The number of aromatic amines is 1. The molecule has 1 N–H and O–H groups in total. The molecule has 1 atom stereocenters. The summed E-state index contributed by atoms with van der Waals surface area (Å²) in [5, 5.41) is 0.648. The van der Waals surface area contributed by atoms with E-state index in [1.165, 1.54) is 12.8 Å². The number of nitrogens with one attached hydrogen (secondary N) is 1. The predicted octanol–water partition coefficient (Wildman–Crippen LogP) is 5.45. The first-order valence-electron chi connectivity index (χ1n) is 10.4. The van der Waals surface area contributed by atoms with Gasteiger partial charge in [-0.3, -0.25) is 9.36 Å². The van der Waals surface area contributed by atoms with Crippen molar-refractivity contribution in [1.29, 1.82) is 0 Å². The highest BCUT2D eigenvalue weighted by molar-refractivity contribution is 6.30. The van der Waals surface area contributed by atoms with Gasteiger partial charge in [-0.05, 0) is 30.5 Å². The molecule has 0 saturated carbocycles. The molecule has 0 aliphatic rings. The Labute approximate surface area is 176 Å². The van der Waals surface area contributed by atoms with Gasteiger partial charge in [0.05, 0.1) is 0 Å². The summed E-state index contributed by atoms with van der Waals surface area (Å²) in [6.45, 7) is 7.16. The molecule has 3 rings (SSSR count). The Balaban J connectivity index is 1.89. The number of hydrogen-bond acceptors (Lipinski definition) is 4. The summed E-state index contributed by atoms with van der Waals surface area (Å²) in [5.41, 5.74) is 1.64. The van der Waals surface area contributed by atoms with Gasteiger partial charge in [0.15, 0.2) is 11.2 Å². The number of aromatic nitrogens is 4. The van der Waals surface area contributed by atoms with Crippen LogP contribution in [-0.4, -0.2) is 19.5 Å². The standard InChI is InChI=1S/C22H29ClN4O2/c1-4-6-7-9-15(3)19-24-18-20(25-19)26-22(27(12-5-2)21(18)28)29-14-16-10-8-11-17(23)13-16/h8,10-11,13,15H,4-7,9,12,14H2,1-3H3,(H,24,25). The van der Waals surface area contributed by atoms with Crippen molar-refractivity contribution in [2.45, 2.75) is 71.9 Å². The molecule has 6 nitrogen and oxygen atoms in total. The van der Waals surface area contributed by atoms with Crippen LogP contribution in [0.25, 0.3) is 11.2 Å². The number of benzene rings is 1. The highest BCUT2D eigenvalue weighted by atomic mass is 35.5. The number of rotatable bonds is 10. The highest BCUT2D eigenvalue weighted by Crippen LogP contribution is 2.22. The number of hydrogen-bond donors (Lipinski definition) is 1. The summed E-state index contributed by atoms with van der Waals surface area (Å²) in [6.07, 6.45) is 5.37. The maximum absolute atomic E-state index is 13.1. The third-order valence-corrected chi connectivity index (χ3v) is 5.24. The Morgan fingerprint density at radius 2 is 2.03 bits per heavy atom. The van der Waals surface area contributed by atoms with Gasteiger partial charge in [0.25, 0.3) is 5.56 Å². The fourth-order valence-electron chi connectivity index (χ4n) is 3.36. The van der Waals surface area contributed by atoms with Crippen molar-refractivity contribution in [2.75, 3.05) is 0 Å². The smallest absolute Gasteiger partial charge is 0.301 e. The van der Waals surface area contributed by atoms with Gasteiger partial charge in [0.2, 0.25) is 0 Å². The normalized spacial score (nSPS) is 12.4. The molecular formula is C22H29ClN4O2. The fourth-order valence-corrected chi connectivity index (χ4v) is 3.57. The molecule has 0 saturated heterocycles. The van der Waals surface area contributed by atoms with E-state index in [0.717, 1.165) is 30.7 Å². The minimum atomic E-state index is -0.141. The van der Waals surface area contributed by atoms with Gasteiger partial charge in [-0.25, -0.2) is 4.98 Å². The molecule has 0 aliphatic heterocycles. The lowest BCUT2D eigenvalue weighted by molar-refractivity contribution is 0.261. The number of imidazole rings is 1. The summed E-state index contributed by atoms with van der Waals surface area (Å²) in [5.74, 6) is 1.07. The van der Waals surface area contributed by atoms with Crippen LogP contribution >= 0.6 is 11.6 Å². The number of unbranched alkanes of at least 4 members (excludes halogenated alkanes) is 2. The zero-order valence-electron chi connectivity index (χ0n) is 17.4. The van der Waals surface area contributed by atoms with Crippen LogP contribution in [0.15, 0.2) is 29.1 Å². The molecule has 0 bridgehead atoms. The van der Waals surface area contributed by atoms with Crippen molar-refractivity contribution in [3.05, 3.63) is 51.0 Å². The fraction of sp³-hybridized carbons (Fsp3) is 0.500. The molecule has 7 heteroatoms. The van der Waals surface area contributed by atoms with Crippen LogP contribution in [0.3, 0.4) is 0 Å². The van der Waals surface area contributed by atoms with E-state index in [0.29, 0.717) is 28.7 Å². The van der Waals surface area contributed by atoms with Crippen LogP contribution in [0.5, 0.6) is 6.01 Å². The lowest BCUT2D eigenvalue weighted by Crippen LogP contribution is -2.23. The van der Waals surface area contributed by atoms with Crippen molar-refractivity contribution in [2.24, 2.45) is 0 Å². The molecule has 0 amide bonds. The van der Waals surface area contributed by atoms with Crippen LogP contribution in [-0.2, 0) is 13.2 Å². The monoisotopic (exact) mass is 416 g/mol. The molecule has 2 heterocycles. The van der Waals surface area contributed by atoms with E-state index in [4.69, 9.17) is 16.3 Å². The van der Waals surface area contributed by atoms with Crippen LogP contribution in [0, 0.1) is 0 Å². The number of H-pyrrole nitrogens is 1. The topological polar surface area (TPSA) is 72.8 Å². The third kappa shape index (κ3) is 5.18. The predicted molar refractivity (Wildman–Crippen MR) is 117 cm³/mol. The molecule has 156 valence electrons. The van der Waals surface area contributed by atoms with Gasteiger partial charge in [-0.1, -0.05) is 63.8 Å². The van der Waals surface area contributed by atoms with Crippen molar-refractivity contribution in [1.82, 2.24) is 19.5 Å². The van der Waals surface area contributed by atoms with Crippen molar-refractivity contribution in [3.63, 3.8) is 0 Å². The van der Waals surface area contributed by atoms with E-state index in [1.54, 1.807) is 4.57 Å². The number of halogens is 1. The van der Waals surface area contributed by atoms with Crippen molar-refractivity contribution < 1.29 is 4.74 Å². The van der Waals surface area contributed by atoms with E-state index in [9.17, 15) is 4.79 Å². The number of ether oxygens (including phenoxy) is 1. The van der Waals surface area contributed by atoms with Crippen molar-refractivity contribution in [3.8, 4) is 6.01 Å². The first kappa shape index (κ1) is 21.4. The molecule has 0 fully saturated rings. The average Bonchev–Trinajstić information content (AvgIpc) is 3.14. The highest BCUT2D eigenvalue weighted by Gasteiger charge is 2.18. The minimum absolute atomic E-state index is 0.141. The molecule has 0 aliphatic carbocycles. The van der Waals surface area contributed by atoms with E-state index in [1.807, 2.05) is 31.2 Å². The maximum Gasteiger partial charge on any atom is 0.301 e. The summed E-state index contributed by atoms with van der Waals surface area (Å²) in [7, 11) is 0. The molecule has 0 spiro atoms. The van der Waals surface area contributed by atoms with E-state index in [2.05, 4.69) is 28.8 Å². The number of fused-ring (bicyclic) bond motifs is 1. The minimum Gasteiger partial charge on any atom is -0.460 e. The van der Waals surface area contributed by atoms with E-state index >= 15 is 0 Å². The molecule has 1 unspecified atom stereocenters. The molecule has 2 aromatic heterocycles. The zero-order valence-corrected chi connectivity index (χ0v) is 18.1. The first-order chi connectivity index (χ1) is 14.0. The summed E-state index contributed by atoms with van der Waals surface area (Å²) in [4.78, 5) is 25.4. The average molecular weight is 417 g/mol. The second kappa shape index (κ2) is 9.92. The van der Waals surface area contributed by atoms with E-state index < -0.39 is 0 Å². The van der Waals surface area contributed by atoms with Gasteiger partial charge in [-0.15, -0.1) is 0 Å². The third-order valence-electron chi connectivity index (χ3n) is 5.01. The molecule has 1 aromatic carbocycles. The Morgan fingerprint density at radius 1 is 1.21 bits per heavy atom. The molecular weight excluding hydrogens is 388 g/mol. The first-order valence-corrected chi connectivity index (χ1v) is 10.8. The van der Waals surface area contributed by atoms with Gasteiger partial charge in [-0.2, -0.15) is 4.98 Å². The van der Waals surface area contributed by atoms with Gasteiger partial charge >= 0.3 is 6.01 Å². The van der Waals surface area contributed by atoms with Gasteiger partial charge in [0.1, 0.15) is 12.4 Å². The Kier molecular flexibility index (Phi) is 7.31. The molecule has 3 aromatic rings. The number of nitrogens with zero attached hydrogens (tertiary/aromatic N) is 3. The van der Waals surface area contributed by atoms with Gasteiger partial charge in [0, 0.05) is 17.5 Å². The quantitative estimate of drug-likeness (QED) is 0.446. The molecule has 0 radical (unpaired) electrons. The zero-order chi connectivity index (χ0) is 20.8. The summed E-state index contributed by atoms with van der Waals surface area (Å²) < 4.78 is 7.49. The lowest BCUT2D eigenvalue weighted by Gasteiger charge is -2.12. The second-order valence-electron chi connectivity index (χ2n) is 7.49. The Bertz CT molecular complexity index is 1010. The SMILES string of the molecule is CCCCCC(C)c1nc2nc(OCc3cccc(Cl)c3)n(CCC)c(=O)c2[nH]1. The molecule has 29 heavy (non-hydrogen) atoms. The Morgan fingerprint density at radius 3 is 2.76 bits per heavy atom. The summed E-state index contributed by atoms with van der Waals surface area (Å²) in [6, 6.07) is 7.75. The lowest BCUT2D eigenvalue weighted by atomic mass is 10.0. The van der Waals surface area contributed by atoms with Crippen molar-refractivity contribution >= 4 is 22.8 Å². The second-order valence-corrected chi connectivity index (χ2v) is 7.92. The summed E-state index contributed by atoms with van der Waals surface area (Å²) >= 11 is 6.05. The van der Waals surface area contributed by atoms with Crippen LogP contribution in [0.1, 0.15) is 70.2 Å².